The first-order chi connectivity index (χ1) is 21.2. The van der Waals surface area contributed by atoms with Crippen molar-refractivity contribution in [1.29, 1.82) is 0 Å². The maximum atomic E-state index is 13.5. The summed E-state index contributed by atoms with van der Waals surface area (Å²) < 4.78 is 28.5. The highest BCUT2D eigenvalue weighted by Gasteiger charge is 2.88. The van der Waals surface area contributed by atoms with Gasteiger partial charge in [-0.15, -0.1) is 0 Å². The number of carbonyl (C=O) groups excluding carboxylic acids is 3. The lowest BCUT2D eigenvalue weighted by Gasteiger charge is -2.66. The lowest BCUT2D eigenvalue weighted by Crippen LogP contribution is -2.80. The van der Waals surface area contributed by atoms with E-state index in [2.05, 4.69) is 0 Å². The molecule has 242 valence electrons. The van der Waals surface area contributed by atoms with Crippen LogP contribution in [0, 0.1) is 11.3 Å². The third kappa shape index (κ3) is 4.53. The number of aromatic hydroxyl groups is 3. The van der Waals surface area contributed by atoms with E-state index in [0.717, 1.165) is 12.1 Å². The van der Waals surface area contributed by atoms with E-state index in [1.165, 1.54) is 19.1 Å². The first-order valence-electron chi connectivity index (χ1n) is 14.2. The smallest absolute Gasteiger partial charge is 0.338 e. The molecule has 2 saturated heterocycles. The minimum atomic E-state index is -1.87. The third-order valence-electron chi connectivity index (χ3n) is 9.57. The SMILES string of the molecule is C[C@]12C[C@@H](O)[C@@H]3C[C@@]1(O[C@@H]1O[C@H](COC(=O)c4cc(O)c(O)c(O)c4)[C@@H](O)[C@H](O)[C@H]1O)[C@]3(COC(=O)c1ccccc1)C(=O)O2. The molecule has 5 aliphatic rings. The van der Waals surface area contributed by atoms with Gasteiger partial charge < -0.3 is 59.4 Å². The molecular weight excluding hydrogens is 600 g/mol. The number of aliphatic hydroxyl groups is 4. The average Bonchev–Trinajstić information content (AvgIpc) is 3.07. The maximum Gasteiger partial charge on any atom is 0.338 e. The van der Waals surface area contributed by atoms with Gasteiger partial charge in [0.25, 0.3) is 0 Å². The molecule has 2 heterocycles. The molecule has 0 aromatic heterocycles. The summed E-state index contributed by atoms with van der Waals surface area (Å²) in [5.41, 5.74) is -4.89. The van der Waals surface area contributed by atoms with E-state index in [0.29, 0.717) is 0 Å². The first-order valence-corrected chi connectivity index (χ1v) is 14.2. The molecule has 2 aliphatic heterocycles. The molecule has 2 aromatic rings. The largest absolute Gasteiger partial charge is 0.504 e. The van der Waals surface area contributed by atoms with Crippen molar-refractivity contribution in [3.8, 4) is 17.2 Å². The average molecular weight is 633 g/mol. The van der Waals surface area contributed by atoms with Crippen LogP contribution < -0.4 is 0 Å². The lowest BCUT2D eigenvalue weighted by atomic mass is 9.40. The summed E-state index contributed by atoms with van der Waals surface area (Å²) in [6.45, 7) is 0.303. The highest BCUT2D eigenvalue weighted by atomic mass is 16.7. The second-order valence-corrected chi connectivity index (χ2v) is 12.0. The Kier molecular flexibility index (Phi) is 7.46. The molecule has 3 saturated carbocycles. The molecule has 0 spiro atoms. The highest BCUT2D eigenvalue weighted by molar-refractivity contribution is 5.91. The van der Waals surface area contributed by atoms with Crippen LogP contribution in [0.2, 0.25) is 0 Å². The lowest BCUT2D eigenvalue weighted by molar-refractivity contribution is -0.394. The topological polar surface area (TPSA) is 239 Å². The van der Waals surface area contributed by atoms with E-state index >= 15 is 0 Å². The van der Waals surface area contributed by atoms with Crippen LogP contribution in [-0.4, -0.2) is 115 Å². The Labute approximate surface area is 255 Å². The molecule has 2 aromatic carbocycles. The van der Waals surface area contributed by atoms with Crippen LogP contribution in [0.4, 0.5) is 0 Å². The molecule has 0 unspecified atom stereocenters. The zero-order valence-corrected chi connectivity index (χ0v) is 23.8. The first kappa shape index (κ1) is 31.0. The summed E-state index contributed by atoms with van der Waals surface area (Å²) in [5.74, 6) is -5.78. The molecule has 10 atom stereocenters. The van der Waals surface area contributed by atoms with Crippen LogP contribution in [0.1, 0.15) is 40.5 Å². The molecule has 15 heteroatoms. The Morgan fingerprint density at radius 3 is 2.20 bits per heavy atom. The Morgan fingerprint density at radius 2 is 1.53 bits per heavy atom. The van der Waals surface area contributed by atoms with Crippen molar-refractivity contribution in [3.63, 3.8) is 0 Å². The number of phenolic OH excluding ortho intramolecular Hbond substituents is 3. The van der Waals surface area contributed by atoms with Crippen molar-refractivity contribution < 1.29 is 73.8 Å². The van der Waals surface area contributed by atoms with Crippen LogP contribution >= 0.6 is 0 Å². The molecule has 0 radical (unpaired) electrons. The molecule has 7 N–H and O–H groups in total. The fraction of sp³-hybridized carbons (Fsp3) is 0.500. The van der Waals surface area contributed by atoms with E-state index in [9.17, 15) is 50.1 Å². The van der Waals surface area contributed by atoms with Gasteiger partial charge in [-0.2, -0.15) is 0 Å². The van der Waals surface area contributed by atoms with Crippen molar-refractivity contribution in [2.75, 3.05) is 13.2 Å². The minimum Gasteiger partial charge on any atom is -0.504 e. The van der Waals surface area contributed by atoms with E-state index in [1.807, 2.05) is 0 Å². The van der Waals surface area contributed by atoms with Gasteiger partial charge in [-0.1, -0.05) is 18.2 Å². The van der Waals surface area contributed by atoms with Crippen LogP contribution in [0.3, 0.4) is 0 Å². The van der Waals surface area contributed by atoms with Gasteiger partial charge in [0.1, 0.15) is 54.2 Å². The number of rotatable bonds is 8. The Bertz CT molecular complexity index is 1490. The number of fused-ring (bicyclic) bond motifs is 1. The quantitative estimate of drug-likeness (QED) is 0.110. The zero-order chi connectivity index (χ0) is 32.5. The number of carbonyl (C=O) groups is 3. The summed E-state index contributed by atoms with van der Waals surface area (Å²) in [5, 5.41) is 71.9. The van der Waals surface area contributed by atoms with Gasteiger partial charge in [-0.05, 0) is 37.6 Å². The van der Waals surface area contributed by atoms with E-state index in [4.69, 9.17) is 23.7 Å². The maximum absolute atomic E-state index is 13.5. The standard InChI is InChI=1S/C30H32O15/c1-28-10-18(33)15-9-30(28,29(15,27(40)45-28)12-42-24(38)13-5-3-2-4-6-13)44-26-23(37)22(36)21(35)19(43-26)11-41-25(39)14-7-16(31)20(34)17(32)8-14/h2-8,15,18-19,21-23,26,31-37H,9-12H2,1H3/t15-,18+,19+,21+,22-,23+,26-,28-,29-,30-/m0/s1. The van der Waals surface area contributed by atoms with Gasteiger partial charge in [0.2, 0.25) is 0 Å². The van der Waals surface area contributed by atoms with Crippen LogP contribution in [-0.2, 0) is 28.5 Å². The highest BCUT2D eigenvalue weighted by Crippen LogP contribution is 2.73. The monoisotopic (exact) mass is 632 g/mol. The molecule has 0 amide bonds. The van der Waals surface area contributed by atoms with Crippen LogP contribution in [0.25, 0.3) is 0 Å². The summed E-state index contributed by atoms with van der Waals surface area (Å²) in [6, 6.07) is 9.70. The second kappa shape index (κ2) is 10.8. The van der Waals surface area contributed by atoms with Gasteiger partial charge in [0.15, 0.2) is 23.5 Å². The van der Waals surface area contributed by atoms with Gasteiger partial charge in [-0.25, -0.2) is 9.59 Å². The van der Waals surface area contributed by atoms with E-state index in [1.54, 1.807) is 18.2 Å². The molecular formula is C30H32O15. The van der Waals surface area contributed by atoms with Gasteiger partial charge in [0, 0.05) is 12.3 Å². The molecule has 45 heavy (non-hydrogen) atoms. The van der Waals surface area contributed by atoms with Crippen LogP contribution in [0.15, 0.2) is 42.5 Å². The number of phenols is 3. The molecule has 4 bridgehead atoms. The Balaban J connectivity index is 1.23. The summed E-state index contributed by atoms with van der Waals surface area (Å²) in [4.78, 5) is 38.9. The Morgan fingerprint density at radius 1 is 0.889 bits per heavy atom. The Hall–Kier alpha value is -3.99. The van der Waals surface area contributed by atoms with Gasteiger partial charge >= 0.3 is 17.9 Å². The molecule has 15 nitrogen and oxygen atoms in total. The van der Waals surface area contributed by atoms with Crippen molar-refractivity contribution in [2.24, 2.45) is 11.3 Å². The van der Waals surface area contributed by atoms with Crippen molar-refractivity contribution in [2.45, 2.75) is 67.8 Å². The van der Waals surface area contributed by atoms with Gasteiger partial charge in [0.05, 0.1) is 17.2 Å². The second-order valence-electron chi connectivity index (χ2n) is 12.0. The number of esters is 3. The molecule has 7 rings (SSSR count). The zero-order valence-electron chi connectivity index (χ0n) is 23.8. The number of hydrogen-bond donors (Lipinski definition) is 7. The summed E-state index contributed by atoms with van der Waals surface area (Å²) in [6.07, 6.45) is -9.73. The predicted molar refractivity (Wildman–Crippen MR) is 145 cm³/mol. The number of ether oxygens (including phenoxy) is 5. The van der Waals surface area contributed by atoms with Crippen LogP contribution in [0.5, 0.6) is 17.2 Å². The van der Waals surface area contributed by atoms with E-state index < -0.39 is 108 Å². The fourth-order valence-electron chi connectivity index (χ4n) is 7.14. The number of hydrogen-bond acceptors (Lipinski definition) is 15. The minimum absolute atomic E-state index is 0.0397. The fourth-order valence-corrected chi connectivity index (χ4v) is 7.14. The van der Waals surface area contributed by atoms with Crippen molar-refractivity contribution in [3.05, 3.63) is 53.6 Å². The van der Waals surface area contributed by atoms with Gasteiger partial charge in [-0.3, -0.25) is 4.79 Å². The predicted octanol–water partition coefficient (Wildman–Crippen LogP) is -0.533. The summed E-state index contributed by atoms with van der Waals surface area (Å²) >= 11 is 0. The number of benzene rings is 2. The number of aliphatic hydroxyl groups excluding tert-OH is 4. The summed E-state index contributed by atoms with van der Waals surface area (Å²) in [7, 11) is 0. The molecule has 3 aliphatic carbocycles. The van der Waals surface area contributed by atoms with Crippen molar-refractivity contribution >= 4 is 17.9 Å². The normalized spacial score (nSPS) is 38.2. The third-order valence-corrected chi connectivity index (χ3v) is 9.57. The van der Waals surface area contributed by atoms with Crippen molar-refractivity contribution in [1.82, 2.24) is 0 Å². The van der Waals surface area contributed by atoms with E-state index in [-0.39, 0.29) is 24.0 Å². The molecule has 5 fully saturated rings.